The monoisotopic (exact) mass is 314 g/mol. The highest BCUT2D eigenvalue weighted by molar-refractivity contribution is 5.84. The topological polar surface area (TPSA) is 76.0 Å². The molecule has 0 radical (unpaired) electrons. The molecule has 1 aromatic heterocycles. The highest BCUT2D eigenvalue weighted by atomic mass is 16.2. The number of hydrogen-bond acceptors (Lipinski definition) is 3. The van der Waals surface area contributed by atoms with Gasteiger partial charge in [0.2, 0.25) is 0 Å². The van der Waals surface area contributed by atoms with Crippen LogP contribution in [0.4, 0.5) is 4.79 Å². The van der Waals surface area contributed by atoms with E-state index in [4.69, 9.17) is 0 Å². The minimum atomic E-state index is -0.225. The SMILES string of the molecule is CCNC(=O)NCc1nn(C2CCCC2)c(=O)c2ccccc12. The number of nitrogens with one attached hydrogen (secondary N) is 2. The number of rotatable bonds is 4. The summed E-state index contributed by atoms with van der Waals surface area (Å²) in [5.74, 6) is 0. The third-order valence-corrected chi connectivity index (χ3v) is 4.33. The molecule has 2 N–H and O–H groups in total. The second kappa shape index (κ2) is 6.81. The molecule has 0 atom stereocenters. The zero-order valence-electron chi connectivity index (χ0n) is 13.3. The van der Waals surface area contributed by atoms with Crippen molar-refractivity contribution in [3.63, 3.8) is 0 Å². The molecule has 0 bridgehead atoms. The van der Waals surface area contributed by atoms with Gasteiger partial charge in [-0.05, 0) is 25.8 Å². The standard InChI is InChI=1S/C17H22N4O2/c1-2-18-17(23)19-11-15-13-9-5-6-10-14(13)16(22)21(20-15)12-7-3-4-8-12/h5-6,9-10,12H,2-4,7-8,11H2,1H3,(H2,18,19,23). The summed E-state index contributed by atoms with van der Waals surface area (Å²) < 4.78 is 1.63. The van der Waals surface area contributed by atoms with Crippen LogP contribution in [-0.4, -0.2) is 22.4 Å². The van der Waals surface area contributed by atoms with Gasteiger partial charge >= 0.3 is 6.03 Å². The molecule has 0 spiro atoms. The maximum atomic E-state index is 12.7. The number of carbonyl (C=O) groups is 1. The molecule has 1 aromatic carbocycles. The van der Waals surface area contributed by atoms with E-state index in [0.717, 1.165) is 36.8 Å². The molecule has 0 aliphatic heterocycles. The fourth-order valence-corrected chi connectivity index (χ4v) is 3.19. The van der Waals surface area contributed by atoms with Crippen molar-refractivity contribution in [1.82, 2.24) is 20.4 Å². The Bertz CT molecular complexity index is 763. The van der Waals surface area contributed by atoms with Crippen molar-refractivity contribution in [1.29, 1.82) is 0 Å². The molecule has 1 fully saturated rings. The summed E-state index contributed by atoms with van der Waals surface area (Å²) in [4.78, 5) is 24.4. The van der Waals surface area contributed by atoms with Crippen LogP contribution in [0.3, 0.4) is 0 Å². The van der Waals surface area contributed by atoms with Crippen LogP contribution in [0.15, 0.2) is 29.1 Å². The summed E-state index contributed by atoms with van der Waals surface area (Å²) in [5.41, 5.74) is 0.701. The molecule has 122 valence electrons. The van der Waals surface area contributed by atoms with Crippen molar-refractivity contribution in [2.75, 3.05) is 6.54 Å². The van der Waals surface area contributed by atoms with E-state index < -0.39 is 0 Å². The normalized spacial score (nSPS) is 15.0. The van der Waals surface area contributed by atoms with Gasteiger partial charge in [0.1, 0.15) is 0 Å². The lowest BCUT2D eigenvalue weighted by Crippen LogP contribution is -2.36. The molecule has 6 heteroatoms. The average Bonchev–Trinajstić information content (AvgIpc) is 3.09. The quantitative estimate of drug-likeness (QED) is 0.909. The number of nitrogens with zero attached hydrogens (tertiary/aromatic N) is 2. The molecule has 23 heavy (non-hydrogen) atoms. The number of fused-ring (bicyclic) bond motifs is 1. The van der Waals surface area contributed by atoms with Gasteiger partial charge in [-0.2, -0.15) is 5.10 Å². The molecular formula is C17H22N4O2. The first kappa shape index (κ1) is 15.5. The summed E-state index contributed by atoms with van der Waals surface area (Å²) in [5, 5.41) is 11.6. The van der Waals surface area contributed by atoms with Gasteiger partial charge in [-0.25, -0.2) is 9.48 Å². The fourth-order valence-electron chi connectivity index (χ4n) is 3.19. The van der Waals surface area contributed by atoms with Gasteiger partial charge in [0.15, 0.2) is 0 Å². The van der Waals surface area contributed by atoms with Gasteiger partial charge in [0.25, 0.3) is 5.56 Å². The lowest BCUT2D eigenvalue weighted by atomic mass is 10.1. The van der Waals surface area contributed by atoms with Gasteiger partial charge < -0.3 is 10.6 Å². The number of urea groups is 1. The van der Waals surface area contributed by atoms with Crippen LogP contribution in [0.25, 0.3) is 10.8 Å². The molecule has 0 saturated heterocycles. The third-order valence-electron chi connectivity index (χ3n) is 4.33. The Hall–Kier alpha value is -2.37. The van der Waals surface area contributed by atoms with E-state index in [9.17, 15) is 9.59 Å². The van der Waals surface area contributed by atoms with E-state index in [2.05, 4.69) is 15.7 Å². The van der Waals surface area contributed by atoms with Gasteiger partial charge in [-0.1, -0.05) is 31.0 Å². The maximum absolute atomic E-state index is 12.7. The minimum absolute atomic E-state index is 0.0331. The largest absolute Gasteiger partial charge is 0.338 e. The van der Waals surface area contributed by atoms with Crippen LogP contribution in [0.2, 0.25) is 0 Å². The van der Waals surface area contributed by atoms with Crippen LogP contribution in [-0.2, 0) is 6.54 Å². The average molecular weight is 314 g/mol. The summed E-state index contributed by atoms with van der Waals surface area (Å²) in [6.45, 7) is 2.74. The summed E-state index contributed by atoms with van der Waals surface area (Å²) in [7, 11) is 0. The number of hydrogen-bond donors (Lipinski definition) is 2. The molecule has 2 aromatic rings. The maximum Gasteiger partial charge on any atom is 0.315 e. The van der Waals surface area contributed by atoms with Crippen LogP contribution < -0.4 is 16.2 Å². The van der Waals surface area contributed by atoms with E-state index in [1.54, 1.807) is 4.68 Å². The Kier molecular flexibility index (Phi) is 4.60. The molecule has 1 saturated carbocycles. The summed E-state index contributed by atoms with van der Waals surface area (Å²) in [6, 6.07) is 7.42. The first-order valence-corrected chi connectivity index (χ1v) is 8.23. The van der Waals surface area contributed by atoms with Gasteiger partial charge in [0.05, 0.1) is 23.7 Å². The van der Waals surface area contributed by atoms with Crippen molar-refractivity contribution in [3.05, 3.63) is 40.3 Å². The lowest BCUT2D eigenvalue weighted by molar-refractivity contribution is 0.241. The Morgan fingerprint density at radius 3 is 2.61 bits per heavy atom. The zero-order valence-corrected chi connectivity index (χ0v) is 13.3. The van der Waals surface area contributed by atoms with Crippen molar-refractivity contribution in [2.45, 2.75) is 45.2 Å². The number of benzene rings is 1. The van der Waals surface area contributed by atoms with Crippen molar-refractivity contribution in [3.8, 4) is 0 Å². The third kappa shape index (κ3) is 3.21. The van der Waals surface area contributed by atoms with E-state index in [1.165, 1.54) is 0 Å². The minimum Gasteiger partial charge on any atom is -0.338 e. The smallest absolute Gasteiger partial charge is 0.315 e. The highest BCUT2D eigenvalue weighted by Gasteiger charge is 2.21. The molecule has 1 aliphatic rings. The first-order chi connectivity index (χ1) is 11.2. The Morgan fingerprint density at radius 2 is 1.91 bits per heavy atom. The van der Waals surface area contributed by atoms with E-state index in [-0.39, 0.29) is 17.6 Å². The van der Waals surface area contributed by atoms with Crippen molar-refractivity contribution in [2.24, 2.45) is 0 Å². The predicted molar refractivity (Wildman–Crippen MR) is 89.4 cm³/mol. The summed E-state index contributed by atoms with van der Waals surface area (Å²) in [6.07, 6.45) is 4.26. The van der Waals surface area contributed by atoms with Gasteiger partial charge in [0, 0.05) is 11.9 Å². The Labute approximate surface area is 134 Å². The molecule has 2 amide bonds. The molecule has 1 aliphatic carbocycles. The van der Waals surface area contributed by atoms with Crippen molar-refractivity contribution >= 4 is 16.8 Å². The van der Waals surface area contributed by atoms with Gasteiger partial charge in [-0.15, -0.1) is 0 Å². The van der Waals surface area contributed by atoms with Crippen molar-refractivity contribution < 1.29 is 4.79 Å². The van der Waals surface area contributed by atoms with Gasteiger partial charge in [-0.3, -0.25) is 4.79 Å². The second-order valence-corrected chi connectivity index (χ2v) is 5.89. The number of carbonyl (C=O) groups excluding carboxylic acids is 1. The highest BCUT2D eigenvalue weighted by Crippen LogP contribution is 2.28. The van der Waals surface area contributed by atoms with Crippen LogP contribution in [0.5, 0.6) is 0 Å². The second-order valence-electron chi connectivity index (χ2n) is 5.89. The zero-order chi connectivity index (χ0) is 16.2. The molecule has 3 rings (SSSR count). The molecular weight excluding hydrogens is 292 g/mol. The van der Waals surface area contributed by atoms with Crippen LogP contribution in [0, 0.1) is 0 Å². The Morgan fingerprint density at radius 1 is 1.22 bits per heavy atom. The molecule has 1 heterocycles. The van der Waals surface area contributed by atoms with E-state index in [1.807, 2.05) is 31.2 Å². The summed E-state index contributed by atoms with van der Waals surface area (Å²) >= 11 is 0. The predicted octanol–water partition coefficient (Wildman–Crippen LogP) is 2.33. The molecule has 0 unspecified atom stereocenters. The first-order valence-electron chi connectivity index (χ1n) is 8.23. The number of amides is 2. The van der Waals surface area contributed by atoms with E-state index >= 15 is 0 Å². The number of aromatic nitrogens is 2. The van der Waals surface area contributed by atoms with Crippen LogP contribution in [0.1, 0.15) is 44.3 Å². The molecule has 6 nitrogen and oxygen atoms in total. The fraction of sp³-hybridized carbons (Fsp3) is 0.471. The lowest BCUT2D eigenvalue weighted by Gasteiger charge is -2.16. The van der Waals surface area contributed by atoms with E-state index in [0.29, 0.717) is 18.5 Å². The van der Waals surface area contributed by atoms with Crippen LogP contribution >= 0.6 is 0 Å². The Balaban J connectivity index is 1.99.